The molecule has 3 aromatic rings. The van der Waals surface area contributed by atoms with Gasteiger partial charge >= 0.3 is 5.97 Å². The maximum Gasteiger partial charge on any atom is 0.355 e. The molecule has 0 radical (unpaired) electrons. The summed E-state index contributed by atoms with van der Waals surface area (Å²) in [5.41, 5.74) is 2.49. The molecule has 10 nitrogen and oxygen atoms in total. The van der Waals surface area contributed by atoms with Gasteiger partial charge in [0.1, 0.15) is 28.5 Å². The molecule has 0 aliphatic carbocycles. The van der Waals surface area contributed by atoms with E-state index in [1.807, 2.05) is 17.6 Å². The molecule has 0 saturated carbocycles. The van der Waals surface area contributed by atoms with Crippen LogP contribution >= 0.6 is 23.1 Å². The summed E-state index contributed by atoms with van der Waals surface area (Å²) in [5.74, 6) is -1.13. The first-order valence-corrected chi connectivity index (χ1v) is 13.0. The molecule has 182 valence electrons. The van der Waals surface area contributed by atoms with E-state index >= 15 is 0 Å². The van der Waals surface area contributed by atoms with E-state index in [4.69, 9.17) is 4.74 Å². The second-order valence-corrected chi connectivity index (χ2v) is 10.2. The number of thioether (sulfide) groups is 1. The molecule has 1 aromatic carbocycles. The summed E-state index contributed by atoms with van der Waals surface area (Å²) < 4.78 is 7.56. The van der Waals surface area contributed by atoms with Crippen molar-refractivity contribution in [1.82, 2.24) is 14.3 Å². The van der Waals surface area contributed by atoms with Crippen molar-refractivity contribution < 1.29 is 24.4 Å². The third-order valence-electron chi connectivity index (χ3n) is 6.49. The molecule has 1 saturated heterocycles. The van der Waals surface area contributed by atoms with Crippen LogP contribution in [-0.2, 0) is 20.9 Å². The van der Waals surface area contributed by atoms with Crippen LogP contribution < -0.4 is 0 Å². The zero-order valence-corrected chi connectivity index (χ0v) is 20.6. The van der Waals surface area contributed by atoms with Crippen molar-refractivity contribution >= 4 is 51.1 Å². The van der Waals surface area contributed by atoms with Crippen LogP contribution in [0.3, 0.4) is 0 Å². The molecule has 0 bridgehead atoms. The number of esters is 1. The van der Waals surface area contributed by atoms with Gasteiger partial charge in [-0.1, -0.05) is 0 Å². The normalized spacial score (nSPS) is 19.3. The van der Waals surface area contributed by atoms with E-state index in [-0.39, 0.29) is 42.5 Å². The van der Waals surface area contributed by atoms with Gasteiger partial charge in [0.05, 0.1) is 21.8 Å². The second kappa shape index (κ2) is 9.10. The number of nitrogens with zero attached hydrogens (tertiary/aromatic N) is 4. The zero-order valence-electron chi connectivity index (χ0n) is 19.0. The molecule has 1 amide bonds. The number of thiazole rings is 1. The number of amides is 1. The Balaban J connectivity index is 1.48. The minimum absolute atomic E-state index is 0.0477. The van der Waals surface area contributed by atoms with E-state index in [1.54, 1.807) is 18.1 Å². The molecule has 2 aromatic heterocycles. The van der Waals surface area contributed by atoms with E-state index in [1.165, 1.54) is 40.5 Å². The summed E-state index contributed by atoms with van der Waals surface area (Å²) in [7, 11) is 0. The number of β-lactam (4-membered cyclic amide) rings is 1. The number of aromatic nitrogens is 2. The summed E-state index contributed by atoms with van der Waals surface area (Å²) in [6.07, 6.45) is 4.57. The minimum atomic E-state index is -0.614. The molecule has 0 spiro atoms. The standard InChI is InChI=1S/C23H22N4O6S2/c1-12-19(35-22-20(34-2)24-11-25(12)22)16-9-17-15(7-8-28)21(29)26(17)18(16)23(30)33-10-13-3-5-14(6-4-13)27(31)32/h3-6,11,15,17,28H,7-10H2,1-2H3/t15-,17+/m0/s1. The van der Waals surface area contributed by atoms with Crippen LogP contribution in [0.2, 0.25) is 0 Å². The fraction of sp³-hybridized carbons (Fsp3) is 0.348. The Labute approximate surface area is 208 Å². The van der Waals surface area contributed by atoms with Gasteiger partial charge in [-0.3, -0.25) is 19.3 Å². The van der Waals surface area contributed by atoms with Gasteiger partial charge in [-0.25, -0.2) is 9.78 Å². The average Bonchev–Trinajstić information content (AvgIpc) is 3.52. The molecule has 12 heteroatoms. The van der Waals surface area contributed by atoms with Crippen LogP contribution in [0, 0.1) is 23.0 Å². The van der Waals surface area contributed by atoms with Crippen molar-refractivity contribution in [2.45, 2.75) is 37.4 Å². The number of fused-ring (bicyclic) bond motifs is 2. The van der Waals surface area contributed by atoms with Crippen molar-refractivity contribution in [2.24, 2.45) is 5.92 Å². The third kappa shape index (κ3) is 3.81. The van der Waals surface area contributed by atoms with E-state index in [0.29, 0.717) is 18.4 Å². The predicted molar refractivity (Wildman–Crippen MR) is 130 cm³/mol. The molecule has 1 N–H and O–H groups in total. The summed E-state index contributed by atoms with van der Waals surface area (Å²) in [6, 6.07) is 5.59. The number of aliphatic hydroxyl groups is 1. The number of aryl methyl sites for hydroxylation is 1. The highest BCUT2D eigenvalue weighted by Gasteiger charge is 2.55. The van der Waals surface area contributed by atoms with Gasteiger partial charge in [-0.05, 0) is 43.7 Å². The first-order valence-electron chi connectivity index (χ1n) is 10.9. The lowest BCUT2D eigenvalue weighted by atomic mass is 9.84. The Morgan fingerprint density at radius 1 is 1.37 bits per heavy atom. The van der Waals surface area contributed by atoms with Gasteiger partial charge in [0, 0.05) is 30.0 Å². The lowest BCUT2D eigenvalue weighted by molar-refractivity contribution is -0.384. The quantitative estimate of drug-likeness (QED) is 0.159. The highest BCUT2D eigenvalue weighted by molar-refractivity contribution is 7.98. The molecular weight excluding hydrogens is 492 g/mol. The molecule has 35 heavy (non-hydrogen) atoms. The van der Waals surface area contributed by atoms with Crippen molar-refractivity contribution in [3.8, 4) is 0 Å². The van der Waals surface area contributed by atoms with E-state index in [9.17, 15) is 24.8 Å². The number of hydrogen-bond acceptors (Lipinski definition) is 9. The molecule has 2 aliphatic heterocycles. The number of nitro groups is 1. The van der Waals surface area contributed by atoms with Crippen molar-refractivity contribution in [2.75, 3.05) is 12.9 Å². The monoisotopic (exact) mass is 514 g/mol. The molecule has 2 atom stereocenters. The third-order valence-corrected chi connectivity index (χ3v) is 8.63. The fourth-order valence-corrected chi connectivity index (χ4v) is 6.69. The number of ether oxygens (including phenoxy) is 1. The summed E-state index contributed by atoms with van der Waals surface area (Å²) in [6.45, 7) is 1.78. The largest absolute Gasteiger partial charge is 0.456 e. The van der Waals surface area contributed by atoms with Gasteiger partial charge in [0.25, 0.3) is 5.69 Å². The van der Waals surface area contributed by atoms with Crippen molar-refractivity contribution in [1.29, 1.82) is 0 Å². The van der Waals surface area contributed by atoms with Gasteiger partial charge in [0.15, 0.2) is 0 Å². The number of rotatable bonds is 8. The number of hydrogen-bond donors (Lipinski definition) is 1. The number of non-ortho nitro benzene ring substituents is 1. The maximum absolute atomic E-state index is 13.3. The Morgan fingerprint density at radius 3 is 2.77 bits per heavy atom. The zero-order chi connectivity index (χ0) is 24.9. The van der Waals surface area contributed by atoms with Crippen molar-refractivity contribution in [3.05, 3.63) is 62.5 Å². The predicted octanol–water partition coefficient (Wildman–Crippen LogP) is 3.40. The fourth-order valence-electron chi connectivity index (χ4n) is 4.73. The van der Waals surface area contributed by atoms with Crippen LogP contribution in [0.5, 0.6) is 0 Å². The van der Waals surface area contributed by atoms with Gasteiger partial charge in [0.2, 0.25) is 5.91 Å². The summed E-state index contributed by atoms with van der Waals surface area (Å²) in [4.78, 5) is 44.4. The number of nitro benzene ring substituents is 1. The van der Waals surface area contributed by atoms with Crippen LogP contribution in [0.25, 0.3) is 10.4 Å². The Hall–Kier alpha value is -3.22. The van der Waals surface area contributed by atoms with E-state index < -0.39 is 10.9 Å². The lowest BCUT2D eigenvalue weighted by Gasteiger charge is -2.43. The Morgan fingerprint density at radius 2 is 2.11 bits per heavy atom. The van der Waals surface area contributed by atoms with E-state index in [2.05, 4.69) is 4.98 Å². The second-order valence-electron chi connectivity index (χ2n) is 8.37. The first kappa shape index (κ1) is 23.5. The Kier molecular flexibility index (Phi) is 6.11. The minimum Gasteiger partial charge on any atom is -0.456 e. The van der Waals surface area contributed by atoms with Gasteiger partial charge < -0.3 is 14.7 Å². The van der Waals surface area contributed by atoms with Crippen LogP contribution in [-0.4, -0.2) is 55.1 Å². The van der Waals surface area contributed by atoms with E-state index in [0.717, 1.165) is 26.0 Å². The van der Waals surface area contributed by atoms with Gasteiger partial charge in [-0.15, -0.1) is 23.1 Å². The van der Waals surface area contributed by atoms with Crippen LogP contribution in [0.1, 0.15) is 29.0 Å². The summed E-state index contributed by atoms with van der Waals surface area (Å²) >= 11 is 3.07. The smallest absolute Gasteiger partial charge is 0.355 e. The molecule has 4 heterocycles. The van der Waals surface area contributed by atoms with Crippen molar-refractivity contribution in [3.63, 3.8) is 0 Å². The average molecular weight is 515 g/mol. The lowest BCUT2D eigenvalue weighted by Crippen LogP contribution is -2.58. The summed E-state index contributed by atoms with van der Waals surface area (Å²) in [5, 5.41) is 21.2. The highest BCUT2D eigenvalue weighted by atomic mass is 32.2. The maximum atomic E-state index is 13.3. The molecule has 0 unspecified atom stereocenters. The number of benzene rings is 1. The van der Waals surface area contributed by atoms with Crippen LogP contribution in [0.4, 0.5) is 5.69 Å². The molecule has 5 rings (SSSR count). The van der Waals surface area contributed by atoms with Crippen LogP contribution in [0.15, 0.2) is 41.3 Å². The Bertz CT molecular complexity index is 1380. The number of carbonyl (C=O) groups is 2. The number of aliphatic hydroxyl groups excluding tert-OH is 1. The molecular formula is C23H22N4O6S2. The molecule has 1 fully saturated rings. The molecule has 2 aliphatic rings. The topological polar surface area (TPSA) is 127 Å². The number of imidazole rings is 1. The first-order chi connectivity index (χ1) is 16.8. The number of carbonyl (C=O) groups excluding carboxylic acids is 2. The highest BCUT2D eigenvalue weighted by Crippen LogP contribution is 2.49. The SMILES string of the molecule is CSc1ncn2c(C)c(C3=C(C(=O)OCc4ccc([N+](=O)[O-])cc4)N4C(=O)[C@@H](CCO)[C@H]4C3)sc12. The van der Waals surface area contributed by atoms with Gasteiger partial charge in [-0.2, -0.15) is 0 Å².